The number of hydrogen-bond acceptors (Lipinski definition) is 7. The van der Waals surface area contributed by atoms with E-state index in [9.17, 15) is 10.1 Å². The highest BCUT2D eigenvalue weighted by Gasteiger charge is 2.25. The summed E-state index contributed by atoms with van der Waals surface area (Å²) in [5, 5.41) is 19.9. The third-order valence-electron chi connectivity index (χ3n) is 6.01. The van der Waals surface area contributed by atoms with Crippen molar-refractivity contribution >= 4 is 11.8 Å². The summed E-state index contributed by atoms with van der Waals surface area (Å²) in [6.45, 7) is 5.68. The number of ether oxygens (including phenoxy) is 1. The van der Waals surface area contributed by atoms with Crippen molar-refractivity contribution in [3.8, 4) is 11.8 Å². The van der Waals surface area contributed by atoms with E-state index >= 15 is 0 Å². The van der Waals surface area contributed by atoms with Gasteiger partial charge in [0, 0.05) is 26.2 Å². The molecule has 0 spiro atoms. The number of urea groups is 1. The molecule has 35 heavy (non-hydrogen) atoms. The maximum atomic E-state index is 12.5. The second kappa shape index (κ2) is 11.6. The first-order valence-corrected chi connectivity index (χ1v) is 11.8. The van der Waals surface area contributed by atoms with Gasteiger partial charge in [-0.25, -0.2) is 9.48 Å². The van der Waals surface area contributed by atoms with E-state index in [4.69, 9.17) is 14.9 Å². The molecule has 3 aromatic rings. The van der Waals surface area contributed by atoms with Gasteiger partial charge in [0.15, 0.2) is 0 Å². The average Bonchev–Trinajstić information content (AvgIpc) is 3.45. The molecule has 184 valence electrons. The molecule has 1 fully saturated rings. The molecule has 2 amide bonds. The minimum Gasteiger partial charge on any atom is -0.465 e. The van der Waals surface area contributed by atoms with Crippen molar-refractivity contribution in [3.63, 3.8) is 0 Å². The summed E-state index contributed by atoms with van der Waals surface area (Å²) in [5.41, 5.74) is 7.95. The van der Waals surface area contributed by atoms with Crippen molar-refractivity contribution in [2.45, 2.75) is 25.8 Å². The third-order valence-corrected chi connectivity index (χ3v) is 6.01. The first-order valence-electron chi connectivity index (χ1n) is 11.8. The number of rotatable bonds is 9. The average molecular weight is 478 g/mol. The summed E-state index contributed by atoms with van der Waals surface area (Å²) in [5.74, 6) is 2.00. The largest absolute Gasteiger partial charge is 0.465 e. The van der Waals surface area contributed by atoms with Crippen molar-refractivity contribution in [3.05, 3.63) is 65.2 Å². The number of anilines is 1. The van der Waals surface area contributed by atoms with Gasteiger partial charge in [-0.15, -0.1) is 0 Å². The van der Waals surface area contributed by atoms with Gasteiger partial charge in [-0.3, -0.25) is 4.90 Å². The van der Waals surface area contributed by atoms with E-state index in [2.05, 4.69) is 26.7 Å². The lowest BCUT2D eigenvalue weighted by Gasteiger charge is -2.33. The number of hydrogen-bond donors (Lipinski definition) is 3. The summed E-state index contributed by atoms with van der Waals surface area (Å²) in [6.07, 6.45) is 1.15. The molecule has 1 atom stereocenters. The fourth-order valence-corrected chi connectivity index (χ4v) is 4.18. The van der Waals surface area contributed by atoms with Crippen LogP contribution in [-0.4, -0.2) is 60.1 Å². The zero-order chi connectivity index (χ0) is 24.6. The highest BCUT2D eigenvalue weighted by Crippen LogP contribution is 2.23. The van der Waals surface area contributed by atoms with Crippen molar-refractivity contribution in [2.24, 2.45) is 0 Å². The van der Waals surface area contributed by atoms with Crippen LogP contribution in [0.1, 0.15) is 35.2 Å². The molecule has 4 rings (SSSR count). The lowest BCUT2D eigenvalue weighted by Crippen LogP contribution is -2.45. The van der Waals surface area contributed by atoms with E-state index in [0.717, 1.165) is 30.3 Å². The Bertz CT molecular complexity index is 1160. The standard InChI is InChI=1S/C25H31N7O3/c1-18-9-10-23(35-18)22(31-12-14-34-15-13-31)17-29-25(33)28-11-5-8-21-20(16-26)24(27)32(30-21)19-6-3-2-4-7-19/h2-4,6-7,9-10,22H,5,8,11-15,17,27H2,1H3,(H2,28,29,33). The molecule has 1 aliphatic rings. The molecule has 2 aromatic heterocycles. The van der Waals surface area contributed by atoms with Crippen molar-refractivity contribution in [1.82, 2.24) is 25.3 Å². The molecule has 0 bridgehead atoms. The zero-order valence-electron chi connectivity index (χ0n) is 19.9. The molecule has 0 saturated carbocycles. The number of aryl methyl sites for hydroxylation is 2. The fourth-order valence-electron chi connectivity index (χ4n) is 4.18. The van der Waals surface area contributed by atoms with Gasteiger partial charge in [-0.05, 0) is 44.0 Å². The molecule has 0 aliphatic carbocycles. The quantitative estimate of drug-likeness (QED) is 0.403. The van der Waals surface area contributed by atoms with Gasteiger partial charge in [-0.2, -0.15) is 10.4 Å². The van der Waals surface area contributed by atoms with Crippen LogP contribution in [-0.2, 0) is 11.2 Å². The highest BCUT2D eigenvalue weighted by molar-refractivity contribution is 5.73. The summed E-state index contributed by atoms with van der Waals surface area (Å²) < 4.78 is 12.9. The van der Waals surface area contributed by atoms with Crippen LogP contribution in [0.2, 0.25) is 0 Å². The Morgan fingerprint density at radius 2 is 1.97 bits per heavy atom. The Balaban J connectivity index is 1.28. The molecule has 0 radical (unpaired) electrons. The molecule has 4 N–H and O–H groups in total. The Morgan fingerprint density at radius 1 is 1.20 bits per heavy atom. The van der Waals surface area contributed by atoms with Gasteiger partial charge in [-0.1, -0.05) is 18.2 Å². The Morgan fingerprint density at radius 3 is 2.66 bits per heavy atom. The highest BCUT2D eigenvalue weighted by atomic mass is 16.5. The van der Waals surface area contributed by atoms with Gasteiger partial charge in [0.05, 0.1) is 30.6 Å². The number of nitrogens with zero attached hydrogens (tertiary/aromatic N) is 4. The summed E-state index contributed by atoms with van der Waals surface area (Å²) in [4.78, 5) is 14.7. The SMILES string of the molecule is Cc1ccc(C(CNC(=O)NCCCc2nn(-c3ccccc3)c(N)c2C#N)N2CCOCC2)o1. The maximum Gasteiger partial charge on any atom is 0.314 e. The number of benzene rings is 1. The summed E-state index contributed by atoms with van der Waals surface area (Å²) in [6, 6.07) is 15.2. The number of carbonyl (C=O) groups excluding carboxylic acids is 1. The monoisotopic (exact) mass is 477 g/mol. The second-order valence-corrected chi connectivity index (χ2v) is 8.42. The Kier molecular flexibility index (Phi) is 8.03. The predicted octanol–water partition coefficient (Wildman–Crippen LogP) is 2.53. The predicted molar refractivity (Wildman–Crippen MR) is 131 cm³/mol. The van der Waals surface area contributed by atoms with Crippen molar-refractivity contribution < 1.29 is 13.9 Å². The zero-order valence-corrected chi connectivity index (χ0v) is 19.9. The fraction of sp³-hybridized carbons (Fsp3) is 0.400. The Hall–Kier alpha value is -3.81. The molecular formula is C25H31N7O3. The number of aromatic nitrogens is 2. The number of para-hydroxylation sites is 1. The smallest absolute Gasteiger partial charge is 0.314 e. The van der Waals surface area contributed by atoms with Crippen molar-refractivity contribution in [1.29, 1.82) is 5.26 Å². The third kappa shape index (κ3) is 6.01. The van der Waals surface area contributed by atoms with Crippen LogP contribution >= 0.6 is 0 Å². The molecule has 10 heteroatoms. The number of morpholine rings is 1. The van der Waals surface area contributed by atoms with Gasteiger partial charge in [0.1, 0.15) is 29.0 Å². The van der Waals surface area contributed by atoms with E-state index in [-0.39, 0.29) is 12.1 Å². The molecule has 1 aromatic carbocycles. The van der Waals surface area contributed by atoms with E-state index in [1.165, 1.54) is 0 Å². The normalized spacial score (nSPS) is 14.9. The molecule has 1 saturated heterocycles. The summed E-state index contributed by atoms with van der Waals surface area (Å²) >= 11 is 0. The van der Waals surface area contributed by atoms with Crippen LogP contribution in [0, 0.1) is 18.3 Å². The maximum absolute atomic E-state index is 12.5. The number of nitriles is 1. The van der Waals surface area contributed by atoms with Gasteiger partial charge < -0.3 is 25.5 Å². The number of nitrogen functional groups attached to an aromatic ring is 1. The van der Waals surface area contributed by atoms with Crippen LogP contribution in [0.4, 0.5) is 10.6 Å². The molecule has 1 unspecified atom stereocenters. The molecule has 3 heterocycles. The van der Waals surface area contributed by atoms with E-state index in [1.807, 2.05) is 49.4 Å². The van der Waals surface area contributed by atoms with Crippen LogP contribution in [0.5, 0.6) is 0 Å². The molecular weight excluding hydrogens is 446 g/mol. The van der Waals surface area contributed by atoms with E-state index in [1.54, 1.807) is 4.68 Å². The first kappa shape index (κ1) is 24.3. The number of amides is 2. The molecule has 10 nitrogen and oxygen atoms in total. The van der Waals surface area contributed by atoms with Crippen LogP contribution in [0.25, 0.3) is 5.69 Å². The summed E-state index contributed by atoms with van der Waals surface area (Å²) in [7, 11) is 0. The lowest BCUT2D eigenvalue weighted by atomic mass is 10.1. The first-order chi connectivity index (χ1) is 17.1. The Labute approximate surface area is 204 Å². The van der Waals surface area contributed by atoms with Gasteiger partial charge >= 0.3 is 6.03 Å². The topological polar surface area (TPSA) is 134 Å². The van der Waals surface area contributed by atoms with Gasteiger partial charge in [0.25, 0.3) is 0 Å². The minimum absolute atomic E-state index is 0.0542. The molecule has 1 aliphatic heterocycles. The number of carbonyl (C=O) groups is 1. The minimum atomic E-state index is -0.249. The van der Waals surface area contributed by atoms with Crippen molar-refractivity contribution in [2.75, 3.05) is 45.1 Å². The number of nitrogens with one attached hydrogen (secondary N) is 2. The van der Waals surface area contributed by atoms with Crippen LogP contribution in [0.15, 0.2) is 46.9 Å². The second-order valence-electron chi connectivity index (χ2n) is 8.42. The lowest BCUT2D eigenvalue weighted by molar-refractivity contribution is 0.0121. The number of furan rings is 1. The van der Waals surface area contributed by atoms with E-state index < -0.39 is 0 Å². The van der Waals surface area contributed by atoms with Gasteiger partial charge in [0.2, 0.25) is 0 Å². The van der Waals surface area contributed by atoms with Crippen LogP contribution < -0.4 is 16.4 Å². The number of nitrogens with two attached hydrogens (primary N) is 1. The van der Waals surface area contributed by atoms with Crippen LogP contribution in [0.3, 0.4) is 0 Å². The van der Waals surface area contributed by atoms with E-state index in [0.29, 0.717) is 56.2 Å².